The molecule has 0 bridgehead atoms. The van der Waals surface area contributed by atoms with Crippen molar-refractivity contribution in [3.63, 3.8) is 0 Å². The van der Waals surface area contributed by atoms with Gasteiger partial charge in [0.1, 0.15) is 0 Å². The Morgan fingerprint density at radius 2 is 1.92 bits per heavy atom. The molecule has 1 saturated heterocycles. The molecule has 1 aliphatic carbocycles. The summed E-state index contributed by atoms with van der Waals surface area (Å²) in [6, 6.07) is 7.88. The minimum Gasteiger partial charge on any atom is -0.378 e. The summed E-state index contributed by atoms with van der Waals surface area (Å²) in [7, 11) is 0. The van der Waals surface area contributed by atoms with E-state index in [9.17, 15) is 0 Å². The lowest BCUT2D eigenvalue weighted by Crippen LogP contribution is -2.40. The Morgan fingerprint density at radius 3 is 2.67 bits per heavy atom. The Morgan fingerprint density at radius 1 is 1.17 bits per heavy atom. The van der Waals surface area contributed by atoms with Gasteiger partial charge >= 0.3 is 0 Å². The molecule has 0 spiro atoms. The highest BCUT2D eigenvalue weighted by atomic mass is 35.5. The maximum atomic E-state index is 6.01. The van der Waals surface area contributed by atoms with Gasteiger partial charge in [-0.2, -0.15) is 5.10 Å². The molecule has 0 unspecified atom stereocenters. The van der Waals surface area contributed by atoms with Gasteiger partial charge in [-0.1, -0.05) is 23.8 Å². The highest BCUT2D eigenvalue weighted by Crippen LogP contribution is 2.29. The van der Waals surface area contributed by atoms with Gasteiger partial charge in [-0.15, -0.1) is 0 Å². The second-order valence-corrected chi connectivity index (χ2v) is 7.19. The zero-order valence-corrected chi connectivity index (χ0v) is 15.1. The van der Waals surface area contributed by atoms with Crippen LogP contribution in [0.15, 0.2) is 24.3 Å². The molecule has 24 heavy (non-hydrogen) atoms. The van der Waals surface area contributed by atoms with E-state index >= 15 is 0 Å². The van der Waals surface area contributed by atoms with Crippen LogP contribution in [0, 0.1) is 0 Å². The summed E-state index contributed by atoms with van der Waals surface area (Å²) in [5.41, 5.74) is 4.92. The molecule has 2 heterocycles. The third kappa shape index (κ3) is 3.08. The van der Waals surface area contributed by atoms with E-state index in [1.165, 1.54) is 17.7 Å². The van der Waals surface area contributed by atoms with E-state index in [4.69, 9.17) is 33.7 Å². The van der Waals surface area contributed by atoms with Crippen LogP contribution in [0.25, 0.3) is 5.69 Å². The number of fused-ring (bicyclic) bond motifs is 1. The predicted molar refractivity (Wildman–Crippen MR) is 99.3 cm³/mol. The van der Waals surface area contributed by atoms with E-state index in [0.29, 0.717) is 0 Å². The molecule has 0 N–H and O–H groups in total. The third-order valence-electron chi connectivity index (χ3n) is 4.77. The number of benzene rings is 1. The molecule has 6 heteroatoms. The van der Waals surface area contributed by atoms with Crippen LogP contribution in [0.3, 0.4) is 0 Å². The fourth-order valence-corrected chi connectivity index (χ4v) is 3.96. The number of nitrogens with zero attached hydrogens (tertiary/aromatic N) is 3. The lowest BCUT2D eigenvalue weighted by atomic mass is 10.1. The highest BCUT2D eigenvalue weighted by molar-refractivity contribution is 7.80. The van der Waals surface area contributed by atoms with Gasteiger partial charge in [0, 0.05) is 30.2 Å². The van der Waals surface area contributed by atoms with E-state index in [-0.39, 0.29) is 0 Å². The van der Waals surface area contributed by atoms with Gasteiger partial charge in [-0.3, -0.25) is 0 Å². The molecular formula is C18H20ClN3OS. The number of morpholine rings is 1. The van der Waals surface area contributed by atoms with Crippen molar-refractivity contribution in [2.45, 2.75) is 25.7 Å². The number of aromatic nitrogens is 2. The van der Waals surface area contributed by atoms with Crippen molar-refractivity contribution in [3.8, 4) is 5.69 Å². The van der Waals surface area contributed by atoms with Gasteiger partial charge in [0.05, 0.1) is 29.6 Å². The van der Waals surface area contributed by atoms with Gasteiger partial charge < -0.3 is 9.64 Å². The minimum atomic E-state index is 0.747. The van der Waals surface area contributed by atoms with E-state index < -0.39 is 0 Å². The summed E-state index contributed by atoms with van der Waals surface area (Å²) in [5, 5.41) is 5.64. The molecule has 0 amide bonds. The zero-order chi connectivity index (χ0) is 16.5. The van der Waals surface area contributed by atoms with Crippen molar-refractivity contribution in [1.29, 1.82) is 0 Å². The van der Waals surface area contributed by atoms with Crippen LogP contribution < -0.4 is 0 Å². The van der Waals surface area contributed by atoms with Crippen LogP contribution in [-0.4, -0.2) is 46.0 Å². The molecule has 4 rings (SSSR count). The van der Waals surface area contributed by atoms with Gasteiger partial charge in [0.2, 0.25) is 0 Å². The predicted octanol–water partition coefficient (Wildman–Crippen LogP) is 3.22. The second kappa shape index (κ2) is 6.82. The molecule has 1 aromatic carbocycles. The summed E-state index contributed by atoms with van der Waals surface area (Å²) >= 11 is 11.7. The second-order valence-electron chi connectivity index (χ2n) is 6.28. The van der Waals surface area contributed by atoms with Crippen LogP contribution in [0.5, 0.6) is 0 Å². The first-order valence-corrected chi connectivity index (χ1v) is 9.22. The first kappa shape index (κ1) is 16.1. The number of thiocarbonyl (C=S) groups is 1. The van der Waals surface area contributed by atoms with Gasteiger partial charge in [-0.05, 0) is 49.1 Å². The largest absolute Gasteiger partial charge is 0.378 e. The van der Waals surface area contributed by atoms with Crippen LogP contribution in [-0.2, 0) is 24.0 Å². The standard InChI is InChI=1S/C18H20ClN3OS/c19-13-4-6-14(7-5-13)22-17-3-1-2-15(17)16(20-22)12-18(24)21-8-10-23-11-9-21/h4-7H,1-3,8-12H2. The van der Waals surface area contributed by atoms with Crippen LogP contribution in [0.2, 0.25) is 5.02 Å². The van der Waals surface area contributed by atoms with Crippen molar-refractivity contribution in [3.05, 3.63) is 46.2 Å². The summed E-state index contributed by atoms with van der Waals surface area (Å²) < 4.78 is 7.49. The monoisotopic (exact) mass is 361 g/mol. The SMILES string of the molecule is S=C(Cc1nn(-c2ccc(Cl)cc2)c2c1CCC2)N1CCOCC1. The Hall–Kier alpha value is -1.43. The number of hydrogen-bond donors (Lipinski definition) is 0. The molecule has 4 nitrogen and oxygen atoms in total. The van der Waals surface area contributed by atoms with Crippen molar-refractivity contribution in [1.82, 2.24) is 14.7 Å². The fourth-order valence-electron chi connectivity index (χ4n) is 3.52. The smallest absolute Gasteiger partial charge is 0.0842 e. The van der Waals surface area contributed by atoms with Gasteiger partial charge in [-0.25, -0.2) is 4.68 Å². The molecule has 2 aromatic rings. The Bertz CT molecular complexity index is 750. The molecule has 0 atom stereocenters. The average molecular weight is 362 g/mol. The van der Waals surface area contributed by atoms with Crippen LogP contribution in [0.1, 0.15) is 23.4 Å². The number of hydrogen-bond acceptors (Lipinski definition) is 3. The summed E-state index contributed by atoms with van der Waals surface area (Å²) in [4.78, 5) is 3.23. The van der Waals surface area contributed by atoms with Crippen molar-refractivity contribution in [2.24, 2.45) is 0 Å². The molecule has 126 valence electrons. The Labute approximate surface area is 152 Å². The zero-order valence-electron chi connectivity index (χ0n) is 13.5. The molecule has 1 aromatic heterocycles. The maximum absolute atomic E-state index is 6.01. The maximum Gasteiger partial charge on any atom is 0.0842 e. The topological polar surface area (TPSA) is 30.3 Å². The minimum absolute atomic E-state index is 0.747. The Balaban J connectivity index is 1.61. The average Bonchev–Trinajstić information content (AvgIpc) is 3.20. The molecule has 0 saturated carbocycles. The van der Waals surface area contributed by atoms with Gasteiger partial charge in [0.15, 0.2) is 0 Å². The lowest BCUT2D eigenvalue weighted by molar-refractivity contribution is 0.0684. The first-order valence-electron chi connectivity index (χ1n) is 8.43. The van der Waals surface area contributed by atoms with Crippen LogP contribution >= 0.6 is 23.8 Å². The van der Waals surface area contributed by atoms with Crippen LogP contribution in [0.4, 0.5) is 0 Å². The molecule has 0 radical (unpaired) electrons. The van der Waals surface area contributed by atoms with Crippen molar-refractivity contribution >= 4 is 28.8 Å². The summed E-state index contributed by atoms with van der Waals surface area (Å²) in [6.45, 7) is 3.30. The highest BCUT2D eigenvalue weighted by Gasteiger charge is 2.25. The number of ether oxygens (including phenoxy) is 1. The van der Waals surface area contributed by atoms with E-state index in [2.05, 4.69) is 9.58 Å². The first-order chi connectivity index (χ1) is 11.7. The number of rotatable bonds is 3. The Kier molecular flexibility index (Phi) is 4.57. The third-order valence-corrected chi connectivity index (χ3v) is 5.42. The molecule has 1 fully saturated rings. The van der Waals surface area contributed by atoms with Crippen molar-refractivity contribution in [2.75, 3.05) is 26.3 Å². The lowest BCUT2D eigenvalue weighted by Gasteiger charge is -2.29. The van der Waals surface area contributed by atoms with Crippen molar-refractivity contribution < 1.29 is 4.74 Å². The quantitative estimate of drug-likeness (QED) is 0.785. The molecule has 2 aliphatic rings. The van der Waals surface area contributed by atoms with E-state index in [0.717, 1.165) is 67.0 Å². The molecule has 1 aliphatic heterocycles. The summed E-state index contributed by atoms with van der Waals surface area (Å²) in [6.07, 6.45) is 4.12. The number of halogens is 1. The van der Waals surface area contributed by atoms with E-state index in [1.807, 2.05) is 24.3 Å². The summed E-state index contributed by atoms with van der Waals surface area (Å²) in [5.74, 6) is 0. The normalized spacial score (nSPS) is 17.1. The van der Waals surface area contributed by atoms with E-state index in [1.54, 1.807) is 0 Å². The van der Waals surface area contributed by atoms with Gasteiger partial charge in [0.25, 0.3) is 0 Å². The fraction of sp³-hybridized carbons (Fsp3) is 0.444. The molecular weight excluding hydrogens is 342 g/mol.